The van der Waals surface area contributed by atoms with Gasteiger partial charge in [-0.05, 0) is 45.9 Å². The largest absolute Gasteiger partial charge is 0.444 e. The fraction of sp³-hybridized carbons (Fsp3) is 0.368. The van der Waals surface area contributed by atoms with Gasteiger partial charge in [0.25, 0.3) is 5.56 Å². The Hall–Kier alpha value is -2.87. The third-order valence-electron chi connectivity index (χ3n) is 3.95. The molecule has 28 heavy (non-hydrogen) atoms. The second-order valence-electron chi connectivity index (χ2n) is 7.20. The van der Waals surface area contributed by atoms with Crippen molar-refractivity contribution in [1.29, 1.82) is 0 Å². The summed E-state index contributed by atoms with van der Waals surface area (Å²) in [6.07, 6.45) is 2.71. The Morgan fingerprint density at radius 3 is 2.64 bits per heavy atom. The zero-order valence-electron chi connectivity index (χ0n) is 16.2. The standard InChI is InChI=1S/C19H22ClN5O3/c1-5-23(18(27)28-19(2,3)4)12-15-22-24-11-9-13(20)16(24)17(26)25(15)14-8-6-7-10-21-14/h6-11H,5,12H2,1-4H3. The molecule has 3 aromatic rings. The number of ether oxygens (including phenoxy) is 1. The van der Waals surface area contributed by atoms with Gasteiger partial charge in [-0.3, -0.25) is 4.79 Å². The molecule has 0 radical (unpaired) electrons. The number of carbonyl (C=O) groups is 1. The molecular weight excluding hydrogens is 382 g/mol. The average Bonchev–Trinajstić information content (AvgIpc) is 3.00. The van der Waals surface area contributed by atoms with Crippen LogP contribution in [0.3, 0.4) is 0 Å². The number of fused-ring (bicyclic) bond motifs is 1. The van der Waals surface area contributed by atoms with Crippen LogP contribution >= 0.6 is 11.6 Å². The van der Waals surface area contributed by atoms with Crippen molar-refractivity contribution in [2.75, 3.05) is 6.54 Å². The van der Waals surface area contributed by atoms with E-state index in [2.05, 4.69) is 10.1 Å². The topological polar surface area (TPSA) is 81.7 Å². The van der Waals surface area contributed by atoms with Gasteiger partial charge in [0.2, 0.25) is 0 Å². The van der Waals surface area contributed by atoms with E-state index in [4.69, 9.17) is 16.3 Å². The van der Waals surface area contributed by atoms with Crippen LogP contribution in [-0.2, 0) is 11.3 Å². The molecule has 0 fully saturated rings. The lowest BCUT2D eigenvalue weighted by molar-refractivity contribution is 0.0237. The number of hydrogen-bond donors (Lipinski definition) is 0. The second-order valence-corrected chi connectivity index (χ2v) is 7.60. The minimum atomic E-state index is -0.628. The molecule has 148 valence electrons. The van der Waals surface area contributed by atoms with Crippen molar-refractivity contribution in [3.8, 4) is 5.82 Å². The minimum absolute atomic E-state index is 0.0724. The fourth-order valence-corrected chi connectivity index (χ4v) is 2.93. The average molecular weight is 404 g/mol. The van der Waals surface area contributed by atoms with Crippen molar-refractivity contribution in [3.63, 3.8) is 0 Å². The molecule has 1 amide bonds. The number of pyridine rings is 1. The lowest BCUT2D eigenvalue weighted by atomic mass is 10.2. The Morgan fingerprint density at radius 2 is 2.04 bits per heavy atom. The van der Waals surface area contributed by atoms with E-state index >= 15 is 0 Å². The van der Waals surface area contributed by atoms with Crippen LogP contribution in [0.2, 0.25) is 5.02 Å². The summed E-state index contributed by atoms with van der Waals surface area (Å²) in [5.41, 5.74) is -0.744. The van der Waals surface area contributed by atoms with Gasteiger partial charge in [-0.25, -0.2) is 18.9 Å². The molecule has 8 nitrogen and oxygen atoms in total. The third kappa shape index (κ3) is 4.01. The lowest BCUT2D eigenvalue weighted by Gasteiger charge is -2.26. The van der Waals surface area contributed by atoms with Gasteiger partial charge in [-0.2, -0.15) is 5.10 Å². The predicted molar refractivity (Wildman–Crippen MR) is 106 cm³/mol. The SMILES string of the molecule is CCN(Cc1nn2ccc(Cl)c2c(=O)n1-c1ccccn1)C(=O)OC(C)(C)C. The van der Waals surface area contributed by atoms with Crippen LogP contribution in [0.15, 0.2) is 41.5 Å². The van der Waals surface area contributed by atoms with Crippen LogP contribution in [0.25, 0.3) is 11.3 Å². The maximum atomic E-state index is 13.1. The fourth-order valence-electron chi connectivity index (χ4n) is 2.70. The van der Waals surface area contributed by atoms with E-state index in [0.717, 1.165) is 0 Å². The van der Waals surface area contributed by atoms with Crippen LogP contribution in [0.4, 0.5) is 4.79 Å². The van der Waals surface area contributed by atoms with Gasteiger partial charge in [-0.1, -0.05) is 17.7 Å². The molecule has 0 aromatic carbocycles. The first-order valence-electron chi connectivity index (χ1n) is 8.89. The first kappa shape index (κ1) is 19.9. The molecule has 0 bridgehead atoms. The van der Waals surface area contributed by atoms with Crippen LogP contribution < -0.4 is 5.56 Å². The summed E-state index contributed by atoms with van der Waals surface area (Å²) in [4.78, 5) is 31.4. The Morgan fingerprint density at radius 1 is 1.29 bits per heavy atom. The molecule has 0 atom stereocenters. The maximum Gasteiger partial charge on any atom is 0.410 e. The van der Waals surface area contributed by atoms with Gasteiger partial charge in [-0.15, -0.1) is 0 Å². The van der Waals surface area contributed by atoms with Gasteiger partial charge in [0, 0.05) is 18.9 Å². The Bertz CT molecular complexity index is 1050. The summed E-state index contributed by atoms with van der Waals surface area (Å²) in [7, 11) is 0. The van der Waals surface area contributed by atoms with Crippen LogP contribution in [0.5, 0.6) is 0 Å². The number of nitrogens with zero attached hydrogens (tertiary/aromatic N) is 5. The van der Waals surface area contributed by atoms with Crippen molar-refractivity contribution in [2.24, 2.45) is 0 Å². The normalized spacial score (nSPS) is 11.6. The molecular formula is C19H22ClN5O3. The van der Waals surface area contributed by atoms with Crippen molar-refractivity contribution < 1.29 is 9.53 Å². The number of hydrogen-bond acceptors (Lipinski definition) is 5. The first-order chi connectivity index (χ1) is 13.2. The highest BCUT2D eigenvalue weighted by Crippen LogP contribution is 2.17. The summed E-state index contributed by atoms with van der Waals surface area (Å²) in [6, 6.07) is 6.82. The van der Waals surface area contributed by atoms with Gasteiger partial charge in [0.15, 0.2) is 5.82 Å². The molecule has 0 aliphatic carbocycles. The predicted octanol–water partition coefficient (Wildman–Crippen LogP) is 3.29. The second kappa shape index (κ2) is 7.63. The highest BCUT2D eigenvalue weighted by Gasteiger charge is 2.24. The van der Waals surface area contributed by atoms with Crippen molar-refractivity contribution >= 4 is 23.2 Å². The molecule has 0 saturated carbocycles. The molecule has 3 rings (SSSR count). The van der Waals surface area contributed by atoms with Gasteiger partial charge < -0.3 is 9.64 Å². The van der Waals surface area contributed by atoms with Crippen molar-refractivity contribution in [2.45, 2.75) is 39.8 Å². The van der Waals surface area contributed by atoms with Crippen molar-refractivity contribution in [3.05, 3.63) is 57.9 Å². The molecule has 9 heteroatoms. The van der Waals surface area contributed by atoms with Crippen LogP contribution in [0, 0.1) is 0 Å². The zero-order chi connectivity index (χ0) is 20.5. The Labute approximate surface area is 167 Å². The highest BCUT2D eigenvalue weighted by molar-refractivity contribution is 6.33. The van der Waals surface area contributed by atoms with Crippen molar-refractivity contribution in [1.82, 2.24) is 24.1 Å². The highest BCUT2D eigenvalue weighted by atomic mass is 35.5. The maximum absolute atomic E-state index is 13.1. The number of aromatic nitrogens is 4. The molecule has 0 aliphatic rings. The molecule has 0 unspecified atom stereocenters. The summed E-state index contributed by atoms with van der Waals surface area (Å²) >= 11 is 6.17. The number of rotatable bonds is 4. The smallest absolute Gasteiger partial charge is 0.410 e. The molecule has 3 heterocycles. The Balaban J connectivity index is 2.11. The van der Waals surface area contributed by atoms with E-state index < -0.39 is 11.7 Å². The molecule has 0 N–H and O–H groups in total. The summed E-state index contributed by atoms with van der Waals surface area (Å²) in [5, 5.41) is 4.80. The quantitative estimate of drug-likeness (QED) is 0.667. The van der Waals surface area contributed by atoms with E-state index in [1.165, 1.54) is 14.0 Å². The van der Waals surface area contributed by atoms with Gasteiger partial charge in [0.1, 0.15) is 16.9 Å². The molecule has 3 aromatic heterocycles. The zero-order valence-corrected chi connectivity index (χ0v) is 17.0. The minimum Gasteiger partial charge on any atom is -0.444 e. The third-order valence-corrected chi connectivity index (χ3v) is 4.25. The summed E-state index contributed by atoms with van der Waals surface area (Å²) < 4.78 is 8.25. The summed E-state index contributed by atoms with van der Waals surface area (Å²) in [6.45, 7) is 7.69. The van der Waals surface area contributed by atoms with E-state index in [0.29, 0.717) is 23.2 Å². The molecule has 0 saturated heterocycles. The van der Waals surface area contributed by atoms with Crippen LogP contribution in [0.1, 0.15) is 33.5 Å². The van der Waals surface area contributed by atoms with E-state index in [1.807, 2.05) is 6.92 Å². The number of amides is 1. The lowest BCUT2D eigenvalue weighted by Crippen LogP contribution is -2.38. The number of halogens is 1. The van der Waals surface area contributed by atoms with Gasteiger partial charge in [0.05, 0.1) is 11.6 Å². The first-order valence-corrected chi connectivity index (χ1v) is 9.27. The van der Waals surface area contributed by atoms with Gasteiger partial charge >= 0.3 is 6.09 Å². The molecule has 0 spiro atoms. The van der Waals surface area contributed by atoms with Crippen LogP contribution in [-0.4, -0.2) is 42.3 Å². The van der Waals surface area contributed by atoms with E-state index in [9.17, 15) is 9.59 Å². The monoisotopic (exact) mass is 403 g/mol. The van der Waals surface area contributed by atoms with E-state index in [-0.39, 0.29) is 17.6 Å². The molecule has 0 aliphatic heterocycles. The number of carbonyl (C=O) groups excluding carboxylic acids is 1. The van der Waals surface area contributed by atoms with E-state index in [1.54, 1.807) is 57.4 Å². The summed E-state index contributed by atoms with van der Waals surface area (Å²) in [5.74, 6) is 0.742. The Kier molecular flexibility index (Phi) is 5.42.